The van der Waals surface area contributed by atoms with Crippen molar-refractivity contribution in [3.8, 4) is 5.75 Å². The quantitative estimate of drug-likeness (QED) is 0.378. The number of hydrogen-bond donors (Lipinski definition) is 1. The summed E-state index contributed by atoms with van der Waals surface area (Å²) in [6.45, 7) is 3.07. The lowest BCUT2D eigenvalue weighted by Gasteiger charge is -2.24. The highest BCUT2D eigenvalue weighted by Gasteiger charge is 2.27. The van der Waals surface area contributed by atoms with Crippen LogP contribution < -0.4 is 14.5 Å². The second-order valence-electron chi connectivity index (χ2n) is 7.22. The third kappa shape index (κ3) is 5.91. The molecule has 0 heterocycles. The number of nitrogens with one attached hydrogen (secondary N) is 1. The van der Waals surface area contributed by atoms with Crippen molar-refractivity contribution in [1.82, 2.24) is 5.43 Å². The van der Waals surface area contributed by atoms with Gasteiger partial charge in [0.15, 0.2) is 0 Å². The van der Waals surface area contributed by atoms with Crippen molar-refractivity contribution in [1.29, 1.82) is 0 Å². The summed E-state index contributed by atoms with van der Waals surface area (Å²) in [4.78, 5) is 12.8. The van der Waals surface area contributed by atoms with Gasteiger partial charge < -0.3 is 4.74 Å². The summed E-state index contributed by atoms with van der Waals surface area (Å²) in [5, 5.41) is 4.51. The van der Waals surface area contributed by atoms with Crippen LogP contribution in [0.25, 0.3) is 0 Å². The van der Waals surface area contributed by atoms with E-state index in [0.29, 0.717) is 16.5 Å². The lowest BCUT2D eigenvalue weighted by atomic mass is 10.1. The fourth-order valence-electron chi connectivity index (χ4n) is 2.98. The molecule has 0 atom stereocenters. The highest BCUT2D eigenvalue weighted by molar-refractivity contribution is 7.92. The van der Waals surface area contributed by atoms with Crippen molar-refractivity contribution >= 4 is 38.9 Å². The molecule has 0 spiro atoms. The monoisotopic (exact) mass is 485 g/mol. The zero-order valence-corrected chi connectivity index (χ0v) is 20.0. The van der Waals surface area contributed by atoms with E-state index in [-0.39, 0.29) is 10.6 Å². The van der Waals surface area contributed by atoms with E-state index in [4.69, 9.17) is 16.3 Å². The fraction of sp³-hybridized carbons (Fsp3) is 0.167. The van der Waals surface area contributed by atoms with Crippen LogP contribution in [0, 0.1) is 6.92 Å². The first kappa shape index (κ1) is 24.3. The standard InChI is InChI=1S/C24H24ClN3O4S/c1-17-9-12-20(15-23(17)25)28(33(30,31)22-7-5-4-6-8-22)16-24(29)27-26-18(2)19-10-13-21(32-3)14-11-19/h4-15H,16H2,1-3H3,(H,27,29)/b26-18-. The van der Waals surface area contributed by atoms with Gasteiger partial charge in [-0.25, -0.2) is 13.8 Å². The third-order valence-corrected chi connectivity index (χ3v) is 7.11. The molecule has 0 aromatic heterocycles. The first-order valence-corrected chi connectivity index (χ1v) is 11.9. The summed E-state index contributed by atoms with van der Waals surface area (Å²) in [6.07, 6.45) is 0. The Kier molecular flexibility index (Phi) is 7.73. The second kappa shape index (κ2) is 10.5. The Labute approximate surface area is 198 Å². The molecule has 172 valence electrons. The summed E-state index contributed by atoms with van der Waals surface area (Å²) in [6, 6.07) is 19.9. The van der Waals surface area contributed by atoms with Gasteiger partial charge in [-0.1, -0.05) is 35.9 Å². The van der Waals surface area contributed by atoms with E-state index in [2.05, 4.69) is 10.5 Å². The molecule has 0 fully saturated rings. The summed E-state index contributed by atoms with van der Waals surface area (Å²) < 4.78 is 32.8. The molecule has 0 aliphatic carbocycles. The molecule has 3 aromatic rings. The van der Waals surface area contributed by atoms with Crippen LogP contribution in [-0.2, 0) is 14.8 Å². The molecular formula is C24H24ClN3O4S. The SMILES string of the molecule is COc1ccc(/C(C)=N\NC(=O)CN(c2ccc(C)c(Cl)c2)S(=O)(=O)c2ccccc2)cc1. The highest BCUT2D eigenvalue weighted by atomic mass is 35.5. The van der Waals surface area contributed by atoms with Gasteiger partial charge in [0.2, 0.25) is 0 Å². The average molecular weight is 486 g/mol. The number of benzene rings is 3. The number of sulfonamides is 1. The van der Waals surface area contributed by atoms with Gasteiger partial charge in [-0.05, 0) is 73.5 Å². The molecule has 33 heavy (non-hydrogen) atoms. The predicted molar refractivity (Wildman–Crippen MR) is 131 cm³/mol. The molecule has 0 radical (unpaired) electrons. The molecule has 1 amide bonds. The molecule has 0 unspecified atom stereocenters. The fourth-order valence-corrected chi connectivity index (χ4v) is 4.59. The highest BCUT2D eigenvalue weighted by Crippen LogP contribution is 2.27. The number of carbonyl (C=O) groups excluding carboxylic acids is 1. The van der Waals surface area contributed by atoms with Gasteiger partial charge in [0.25, 0.3) is 15.9 Å². The van der Waals surface area contributed by atoms with E-state index >= 15 is 0 Å². The number of methoxy groups -OCH3 is 1. The van der Waals surface area contributed by atoms with Crippen LogP contribution in [-0.4, -0.2) is 33.7 Å². The van der Waals surface area contributed by atoms with Gasteiger partial charge in [-0.2, -0.15) is 5.10 Å². The molecule has 0 saturated heterocycles. The van der Waals surface area contributed by atoms with Crippen molar-refractivity contribution in [3.63, 3.8) is 0 Å². The first-order valence-electron chi connectivity index (χ1n) is 10.0. The number of hydrazone groups is 1. The van der Waals surface area contributed by atoms with E-state index in [1.165, 1.54) is 18.2 Å². The number of aryl methyl sites for hydroxylation is 1. The van der Waals surface area contributed by atoms with Crippen molar-refractivity contribution in [2.24, 2.45) is 5.10 Å². The Morgan fingerprint density at radius 2 is 1.73 bits per heavy atom. The molecule has 3 rings (SSSR count). The minimum absolute atomic E-state index is 0.0624. The molecule has 7 nitrogen and oxygen atoms in total. The van der Waals surface area contributed by atoms with Gasteiger partial charge in [0, 0.05) is 5.02 Å². The minimum atomic E-state index is -4.03. The van der Waals surface area contributed by atoms with E-state index in [0.717, 1.165) is 15.4 Å². The van der Waals surface area contributed by atoms with Gasteiger partial charge in [0.1, 0.15) is 12.3 Å². The summed E-state index contributed by atoms with van der Waals surface area (Å²) in [7, 11) is -2.45. The number of anilines is 1. The Balaban J connectivity index is 1.86. The molecule has 0 bridgehead atoms. The topological polar surface area (TPSA) is 88.1 Å². The van der Waals surface area contributed by atoms with Crippen LogP contribution in [0.15, 0.2) is 82.8 Å². The van der Waals surface area contributed by atoms with Gasteiger partial charge in [0.05, 0.1) is 23.4 Å². The molecule has 9 heteroatoms. The van der Waals surface area contributed by atoms with Gasteiger partial charge >= 0.3 is 0 Å². The smallest absolute Gasteiger partial charge is 0.264 e. The molecule has 1 N–H and O–H groups in total. The van der Waals surface area contributed by atoms with E-state index in [1.807, 2.05) is 19.1 Å². The van der Waals surface area contributed by atoms with Crippen molar-refractivity contribution < 1.29 is 17.9 Å². The number of nitrogens with zero attached hydrogens (tertiary/aromatic N) is 2. The zero-order chi connectivity index (χ0) is 24.0. The maximum absolute atomic E-state index is 13.3. The Bertz CT molecular complexity index is 1260. The molecule has 0 aliphatic heterocycles. The zero-order valence-electron chi connectivity index (χ0n) is 18.4. The van der Waals surface area contributed by atoms with Crippen LogP contribution >= 0.6 is 11.6 Å². The number of amides is 1. The number of halogens is 1. The summed E-state index contributed by atoms with van der Waals surface area (Å²) in [5.41, 5.74) is 4.85. The largest absolute Gasteiger partial charge is 0.497 e. The number of hydrogen-bond acceptors (Lipinski definition) is 5. The maximum Gasteiger partial charge on any atom is 0.264 e. The maximum atomic E-state index is 13.3. The molecule has 0 aliphatic rings. The van der Waals surface area contributed by atoms with Gasteiger partial charge in [-0.15, -0.1) is 0 Å². The Morgan fingerprint density at radius 3 is 2.33 bits per heavy atom. The van der Waals surface area contributed by atoms with E-state index in [1.54, 1.807) is 56.5 Å². The third-order valence-electron chi connectivity index (χ3n) is 4.92. The van der Waals surface area contributed by atoms with Gasteiger partial charge in [-0.3, -0.25) is 9.10 Å². The van der Waals surface area contributed by atoms with Crippen molar-refractivity contribution in [2.75, 3.05) is 18.0 Å². The molecule has 3 aromatic carbocycles. The number of carbonyl (C=O) groups is 1. The van der Waals surface area contributed by atoms with Crippen molar-refractivity contribution in [3.05, 3.63) is 88.9 Å². The van der Waals surface area contributed by atoms with E-state index < -0.39 is 22.5 Å². The Morgan fingerprint density at radius 1 is 1.06 bits per heavy atom. The first-order chi connectivity index (χ1) is 15.7. The van der Waals surface area contributed by atoms with Crippen LogP contribution in [0.1, 0.15) is 18.1 Å². The van der Waals surface area contributed by atoms with E-state index in [9.17, 15) is 13.2 Å². The molecule has 0 saturated carbocycles. The number of ether oxygens (including phenoxy) is 1. The lowest BCUT2D eigenvalue weighted by molar-refractivity contribution is -0.119. The Hall–Kier alpha value is -3.36. The summed E-state index contributed by atoms with van der Waals surface area (Å²) >= 11 is 6.23. The normalized spacial score (nSPS) is 11.7. The average Bonchev–Trinajstić information content (AvgIpc) is 2.83. The second-order valence-corrected chi connectivity index (χ2v) is 9.49. The van der Waals surface area contributed by atoms with Crippen molar-refractivity contribution in [2.45, 2.75) is 18.7 Å². The van der Waals surface area contributed by atoms with Crippen LogP contribution in [0.5, 0.6) is 5.75 Å². The minimum Gasteiger partial charge on any atom is -0.497 e. The van der Waals surface area contributed by atoms with Crippen LogP contribution in [0.3, 0.4) is 0 Å². The molecular weight excluding hydrogens is 462 g/mol. The van der Waals surface area contributed by atoms with Crippen LogP contribution in [0.4, 0.5) is 5.69 Å². The summed E-state index contributed by atoms with van der Waals surface area (Å²) in [5.74, 6) is 0.105. The van der Waals surface area contributed by atoms with Crippen LogP contribution in [0.2, 0.25) is 5.02 Å². The lowest BCUT2D eigenvalue weighted by Crippen LogP contribution is -2.39. The number of rotatable bonds is 8. The predicted octanol–water partition coefficient (Wildman–Crippen LogP) is 4.39.